The summed E-state index contributed by atoms with van der Waals surface area (Å²) in [5, 5.41) is 18.9. The quantitative estimate of drug-likeness (QED) is 0.169. The van der Waals surface area contributed by atoms with Crippen LogP contribution >= 0.6 is 0 Å². The largest absolute Gasteiger partial charge is 0.478 e. The number of ether oxygens (including phenoxy) is 2. The summed E-state index contributed by atoms with van der Waals surface area (Å²) in [6.07, 6.45) is -4.71. The van der Waals surface area contributed by atoms with Crippen molar-refractivity contribution in [2.45, 2.75) is 39.1 Å². The first kappa shape index (κ1) is 32.6. The van der Waals surface area contributed by atoms with Gasteiger partial charge in [-0.2, -0.15) is 18.4 Å². The SMILES string of the molecule is CC1(C)COC[C@H]1n1c(Cc2cc(F)c(-c3cccc(OCc4ccc(C(F)(F)F)cc4C#N)n3)cc2F)nc2ccc(C(=O)O)cc21. The van der Waals surface area contributed by atoms with Crippen LogP contribution in [0.3, 0.4) is 0 Å². The maximum Gasteiger partial charge on any atom is 0.416 e. The fraction of sp³-hybridized carbons (Fsp3) is 0.257. The molecule has 1 saturated heterocycles. The van der Waals surface area contributed by atoms with E-state index in [1.54, 1.807) is 12.1 Å². The van der Waals surface area contributed by atoms with E-state index in [1.807, 2.05) is 18.4 Å². The first-order chi connectivity index (χ1) is 22.7. The summed E-state index contributed by atoms with van der Waals surface area (Å²) < 4.78 is 83.6. The van der Waals surface area contributed by atoms with Gasteiger partial charge in [-0.3, -0.25) is 0 Å². The van der Waals surface area contributed by atoms with Crippen LogP contribution < -0.4 is 4.74 Å². The summed E-state index contributed by atoms with van der Waals surface area (Å²) in [4.78, 5) is 20.6. The van der Waals surface area contributed by atoms with Gasteiger partial charge in [-0.05, 0) is 54.1 Å². The van der Waals surface area contributed by atoms with Gasteiger partial charge >= 0.3 is 12.1 Å². The van der Waals surface area contributed by atoms with Crippen molar-refractivity contribution in [3.63, 3.8) is 0 Å². The monoisotopic (exact) mass is 662 g/mol. The van der Waals surface area contributed by atoms with E-state index in [9.17, 15) is 28.3 Å². The van der Waals surface area contributed by atoms with Gasteiger partial charge < -0.3 is 19.1 Å². The standard InChI is InChI=1S/C35H27F5N4O4/c1-34(2)18-47-17-30(34)44-29-12-19(33(45)46)7-9-28(29)42-31(44)13-21-11-26(37)24(14-25(21)36)27-4-3-5-32(43-27)48-16-20-6-8-23(35(38,39)40)10-22(20)15-41/h3-12,14,30H,13,16-18H2,1-2H3,(H,45,46)/t30-/m1/s1. The molecular weight excluding hydrogens is 635 g/mol. The number of carbonyl (C=O) groups is 1. The molecule has 0 aliphatic carbocycles. The summed E-state index contributed by atoms with van der Waals surface area (Å²) >= 11 is 0. The molecule has 0 amide bonds. The molecule has 48 heavy (non-hydrogen) atoms. The molecule has 1 atom stereocenters. The van der Waals surface area contributed by atoms with Crippen LogP contribution in [0.1, 0.15) is 58.3 Å². The highest BCUT2D eigenvalue weighted by atomic mass is 19.4. The topological polar surface area (TPSA) is 110 Å². The summed E-state index contributed by atoms with van der Waals surface area (Å²) in [7, 11) is 0. The van der Waals surface area contributed by atoms with Crippen LogP contribution in [0.15, 0.2) is 66.7 Å². The van der Waals surface area contributed by atoms with E-state index in [-0.39, 0.29) is 63.9 Å². The minimum Gasteiger partial charge on any atom is -0.478 e. The number of aromatic nitrogens is 3. The zero-order valence-electron chi connectivity index (χ0n) is 25.6. The van der Waals surface area contributed by atoms with Crippen LogP contribution in [-0.2, 0) is 23.9 Å². The molecule has 3 heterocycles. The van der Waals surface area contributed by atoms with Crippen LogP contribution in [0.25, 0.3) is 22.3 Å². The Hall–Kier alpha value is -5.35. The summed E-state index contributed by atoms with van der Waals surface area (Å²) in [6, 6.07) is 15.2. The van der Waals surface area contributed by atoms with Gasteiger partial charge in [0.05, 0.1) is 58.7 Å². The first-order valence-electron chi connectivity index (χ1n) is 14.8. The highest BCUT2D eigenvalue weighted by Crippen LogP contribution is 2.41. The lowest BCUT2D eigenvalue weighted by molar-refractivity contribution is -0.137. The zero-order valence-corrected chi connectivity index (χ0v) is 25.6. The smallest absolute Gasteiger partial charge is 0.416 e. The van der Waals surface area contributed by atoms with E-state index in [2.05, 4.69) is 9.97 Å². The van der Waals surface area contributed by atoms with Crippen LogP contribution in [0.4, 0.5) is 22.0 Å². The average Bonchev–Trinajstić information content (AvgIpc) is 3.57. The molecule has 0 spiro atoms. The van der Waals surface area contributed by atoms with Crippen LogP contribution in [-0.4, -0.2) is 38.8 Å². The number of nitriles is 1. The molecule has 1 aliphatic rings. The van der Waals surface area contributed by atoms with Gasteiger partial charge in [0.25, 0.3) is 0 Å². The molecule has 1 N–H and O–H groups in total. The Morgan fingerprint density at radius 2 is 1.85 bits per heavy atom. The van der Waals surface area contributed by atoms with Gasteiger partial charge in [0.1, 0.15) is 24.1 Å². The number of nitrogens with zero attached hydrogens (tertiary/aromatic N) is 4. The van der Waals surface area contributed by atoms with Crippen molar-refractivity contribution in [3.8, 4) is 23.2 Å². The number of fused-ring (bicyclic) bond motifs is 1. The molecule has 0 saturated carbocycles. The molecule has 8 nitrogen and oxygen atoms in total. The number of aromatic carboxylic acids is 1. The molecule has 6 rings (SSSR count). The van der Waals surface area contributed by atoms with Gasteiger partial charge in [0.2, 0.25) is 5.88 Å². The van der Waals surface area contributed by atoms with Crippen LogP contribution in [0.5, 0.6) is 5.88 Å². The molecular formula is C35H27F5N4O4. The van der Waals surface area contributed by atoms with Gasteiger partial charge in [-0.1, -0.05) is 26.0 Å². The molecule has 0 bridgehead atoms. The first-order valence-corrected chi connectivity index (χ1v) is 14.8. The van der Waals surface area contributed by atoms with E-state index in [0.29, 0.717) is 30.1 Å². The third-order valence-corrected chi connectivity index (χ3v) is 8.39. The van der Waals surface area contributed by atoms with Gasteiger partial charge in [0, 0.05) is 29.0 Å². The number of pyridine rings is 1. The van der Waals surface area contributed by atoms with Crippen molar-refractivity contribution < 1.29 is 41.3 Å². The number of benzene rings is 3. The second-order valence-corrected chi connectivity index (χ2v) is 12.2. The van der Waals surface area contributed by atoms with Crippen LogP contribution in [0.2, 0.25) is 0 Å². The third-order valence-electron chi connectivity index (χ3n) is 8.39. The van der Waals surface area contributed by atoms with Crippen molar-refractivity contribution in [1.29, 1.82) is 5.26 Å². The number of hydrogen-bond donors (Lipinski definition) is 1. The average molecular weight is 663 g/mol. The molecule has 0 radical (unpaired) electrons. The number of carboxylic acids is 1. The fourth-order valence-corrected chi connectivity index (χ4v) is 5.80. The lowest BCUT2D eigenvalue weighted by Gasteiger charge is -2.28. The van der Waals surface area contributed by atoms with Gasteiger partial charge in [-0.15, -0.1) is 0 Å². The maximum atomic E-state index is 15.7. The van der Waals surface area contributed by atoms with Crippen molar-refractivity contribution >= 4 is 17.0 Å². The second-order valence-electron chi connectivity index (χ2n) is 12.2. The van der Waals surface area contributed by atoms with Crippen molar-refractivity contribution in [3.05, 3.63) is 112 Å². The Morgan fingerprint density at radius 3 is 2.54 bits per heavy atom. The fourth-order valence-electron chi connectivity index (χ4n) is 5.80. The number of halogens is 5. The Labute approximate surface area is 271 Å². The number of alkyl halides is 3. The predicted molar refractivity (Wildman–Crippen MR) is 163 cm³/mol. The van der Waals surface area contributed by atoms with E-state index in [0.717, 1.165) is 30.3 Å². The van der Waals surface area contributed by atoms with Crippen molar-refractivity contribution in [2.24, 2.45) is 5.41 Å². The normalized spacial score (nSPS) is 15.8. The molecule has 1 fully saturated rings. The van der Waals surface area contributed by atoms with Gasteiger partial charge in [-0.25, -0.2) is 23.5 Å². The minimum atomic E-state index is -4.61. The maximum absolute atomic E-state index is 15.7. The Bertz CT molecular complexity index is 2100. The molecule has 13 heteroatoms. The van der Waals surface area contributed by atoms with E-state index >= 15 is 8.78 Å². The third kappa shape index (κ3) is 6.31. The molecule has 5 aromatic rings. The highest BCUT2D eigenvalue weighted by molar-refractivity contribution is 5.92. The van der Waals surface area contributed by atoms with Crippen LogP contribution in [0, 0.1) is 28.4 Å². The van der Waals surface area contributed by atoms with E-state index in [1.165, 1.54) is 30.3 Å². The van der Waals surface area contributed by atoms with E-state index < -0.39 is 29.3 Å². The lowest BCUT2D eigenvalue weighted by Crippen LogP contribution is -2.27. The number of imidazole rings is 1. The number of rotatable bonds is 8. The molecule has 1 aliphatic heterocycles. The second kappa shape index (κ2) is 12.4. The van der Waals surface area contributed by atoms with Crippen molar-refractivity contribution in [1.82, 2.24) is 14.5 Å². The molecule has 0 unspecified atom stereocenters. The number of hydrogen-bond acceptors (Lipinski definition) is 6. The van der Waals surface area contributed by atoms with E-state index in [4.69, 9.17) is 9.47 Å². The minimum absolute atomic E-state index is 0.0155. The Kier molecular flexibility index (Phi) is 8.38. The summed E-state index contributed by atoms with van der Waals surface area (Å²) in [6.45, 7) is 4.51. The number of carboxylic acid groups (broad SMARTS) is 1. The highest BCUT2D eigenvalue weighted by Gasteiger charge is 2.39. The summed E-state index contributed by atoms with van der Waals surface area (Å²) in [5.74, 6) is -2.21. The van der Waals surface area contributed by atoms with Gasteiger partial charge in [0.15, 0.2) is 0 Å². The summed E-state index contributed by atoms with van der Waals surface area (Å²) in [5.41, 5.74) is -0.318. The molecule has 3 aromatic carbocycles. The zero-order chi connectivity index (χ0) is 34.4. The van der Waals surface area contributed by atoms with Crippen molar-refractivity contribution in [2.75, 3.05) is 13.2 Å². The molecule has 246 valence electrons. The Balaban J connectivity index is 1.28. The predicted octanol–water partition coefficient (Wildman–Crippen LogP) is 7.73. The lowest BCUT2D eigenvalue weighted by atomic mass is 9.87. The molecule has 2 aromatic heterocycles. The Morgan fingerprint density at radius 1 is 1.06 bits per heavy atom.